The molecule has 5 heteroatoms. The fourth-order valence-electron chi connectivity index (χ4n) is 2.88. The highest BCUT2D eigenvalue weighted by Gasteiger charge is 2.22. The molecule has 1 aromatic rings. The molecule has 110 valence electrons. The number of benzene rings is 1. The number of likely N-dealkylation sites (N-methyl/N-ethyl adjacent to an activating group) is 1. The van der Waals surface area contributed by atoms with Gasteiger partial charge in [0.1, 0.15) is 32.7 Å². The van der Waals surface area contributed by atoms with Gasteiger partial charge in [-0.1, -0.05) is 11.6 Å². The summed E-state index contributed by atoms with van der Waals surface area (Å²) in [4.78, 5) is 3.26. The van der Waals surface area contributed by atoms with Crippen molar-refractivity contribution in [3.63, 3.8) is 0 Å². The molecule has 1 aromatic carbocycles. The summed E-state index contributed by atoms with van der Waals surface area (Å²) < 4.78 is 11.4. The minimum absolute atomic E-state index is 0.679. The van der Waals surface area contributed by atoms with E-state index in [-0.39, 0.29) is 0 Å². The van der Waals surface area contributed by atoms with Crippen molar-refractivity contribution in [1.82, 2.24) is 0 Å². The van der Waals surface area contributed by atoms with E-state index in [1.807, 2.05) is 6.07 Å². The number of quaternary nitrogens is 2. The summed E-state index contributed by atoms with van der Waals surface area (Å²) >= 11 is 6.34. The van der Waals surface area contributed by atoms with Crippen LogP contribution in [-0.2, 0) is 6.54 Å². The van der Waals surface area contributed by atoms with Crippen LogP contribution in [0.25, 0.3) is 0 Å². The summed E-state index contributed by atoms with van der Waals surface area (Å²) in [6.45, 7) is 7.33. The van der Waals surface area contributed by atoms with Crippen LogP contribution in [0.4, 0.5) is 0 Å². The molecule has 3 rings (SSSR count). The van der Waals surface area contributed by atoms with Crippen LogP contribution >= 0.6 is 11.6 Å². The van der Waals surface area contributed by atoms with Gasteiger partial charge in [-0.05, 0) is 12.1 Å². The lowest BCUT2D eigenvalue weighted by Crippen LogP contribution is -3.26. The van der Waals surface area contributed by atoms with Crippen LogP contribution in [0.15, 0.2) is 12.1 Å². The van der Waals surface area contributed by atoms with Crippen molar-refractivity contribution >= 4 is 11.6 Å². The zero-order valence-corrected chi connectivity index (χ0v) is 12.8. The third-order valence-electron chi connectivity index (χ3n) is 4.13. The Balaban J connectivity index is 1.74. The van der Waals surface area contributed by atoms with E-state index >= 15 is 0 Å². The molecule has 0 spiro atoms. The monoisotopic (exact) mass is 298 g/mol. The maximum Gasteiger partial charge on any atom is 0.179 e. The molecule has 1 fully saturated rings. The summed E-state index contributed by atoms with van der Waals surface area (Å²) in [5.41, 5.74) is 1.24. The van der Waals surface area contributed by atoms with Crippen molar-refractivity contribution in [2.24, 2.45) is 0 Å². The van der Waals surface area contributed by atoms with Gasteiger partial charge in [-0.3, -0.25) is 0 Å². The van der Waals surface area contributed by atoms with E-state index < -0.39 is 0 Å². The van der Waals surface area contributed by atoms with E-state index in [0.717, 1.165) is 18.7 Å². The average molecular weight is 299 g/mol. The first-order valence-electron chi connectivity index (χ1n) is 7.45. The maximum absolute atomic E-state index is 6.34. The third-order valence-corrected chi connectivity index (χ3v) is 4.41. The minimum atomic E-state index is 0.679. The molecule has 2 aliphatic rings. The van der Waals surface area contributed by atoms with Gasteiger partial charge < -0.3 is 19.3 Å². The predicted octanol–water partition coefficient (Wildman–Crippen LogP) is -0.585. The van der Waals surface area contributed by atoms with Crippen LogP contribution in [0.5, 0.6) is 11.5 Å². The molecule has 0 radical (unpaired) electrons. The second-order valence-electron chi connectivity index (χ2n) is 5.84. The molecule has 1 saturated heterocycles. The number of ether oxygens (including phenoxy) is 2. The van der Waals surface area contributed by atoms with Crippen LogP contribution in [-0.4, -0.2) is 46.4 Å². The Hall–Kier alpha value is -0.970. The maximum atomic E-state index is 6.34. The molecule has 0 bridgehead atoms. The predicted molar refractivity (Wildman–Crippen MR) is 78.1 cm³/mol. The number of rotatable bonds is 2. The van der Waals surface area contributed by atoms with Gasteiger partial charge in [-0.15, -0.1) is 0 Å². The van der Waals surface area contributed by atoms with Gasteiger partial charge in [-0.25, -0.2) is 0 Å². The molecule has 0 aliphatic carbocycles. The van der Waals surface area contributed by atoms with Crippen molar-refractivity contribution in [3.05, 3.63) is 22.7 Å². The molecule has 2 aliphatic heterocycles. The molecule has 0 atom stereocenters. The Morgan fingerprint density at radius 3 is 2.65 bits per heavy atom. The SMILES string of the molecule is C[NH+]1CC[NH+](Cc2cc(Cl)c3c(c2)OCCCO3)CC1. The summed E-state index contributed by atoms with van der Waals surface area (Å²) in [7, 11) is 2.27. The van der Waals surface area contributed by atoms with Crippen LogP contribution < -0.4 is 19.3 Å². The summed E-state index contributed by atoms with van der Waals surface area (Å²) in [6, 6.07) is 4.14. The van der Waals surface area contributed by atoms with Gasteiger partial charge in [0.25, 0.3) is 0 Å². The third kappa shape index (κ3) is 3.19. The molecular weight excluding hydrogens is 276 g/mol. The first kappa shape index (κ1) is 14.0. The summed E-state index contributed by atoms with van der Waals surface area (Å²) in [5, 5.41) is 0.679. The normalized spacial score (nSPS) is 26.1. The molecule has 20 heavy (non-hydrogen) atoms. The molecule has 4 nitrogen and oxygen atoms in total. The standard InChI is InChI=1S/C15H21ClN2O2/c1-17-3-5-18(6-4-17)11-12-9-13(16)15-14(10-12)19-7-2-8-20-15/h9-10H,2-8,11H2,1H3/p+2. The van der Waals surface area contributed by atoms with Crippen LogP contribution in [0, 0.1) is 0 Å². The Bertz CT molecular complexity index is 473. The Morgan fingerprint density at radius 1 is 1.10 bits per heavy atom. The van der Waals surface area contributed by atoms with E-state index in [9.17, 15) is 0 Å². The molecular formula is C15H23ClN2O2+2. The smallest absolute Gasteiger partial charge is 0.179 e. The number of halogens is 1. The van der Waals surface area contributed by atoms with Gasteiger partial charge in [0.15, 0.2) is 11.5 Å². The van der Waals surface area contributed by atoms with E-state index in [4.69, 9.17) is 21.1 Å². The van der Waals surface area contributed by atoms with Gasteiger partial charge >= 0.3 is 0 Å². The zero-order valence-electron chi connectivity index (χ0n) is 12.0. The molecule has 2 N–H and O–H groups in total. The lowest BCUT2D eigenvalue weighted by atomic mass is 10.1. The van der Waals surface area contributed by atoms with E-state index in [0.29, 0.717) is 24.0 Å². The highest BCUT2D eigenvalue weighted by atomic mass is 35.5. The van der Waals surface area contributed by atoms with Gasteiger partial charge in [0.2, 0.25) is 0 Å². The summed E-state index contributed by atoms with van der Waals surface area (Å²) in [6.07, 6.45) is 0.910. The second kappa shape index (κ2) is 6.20. The number of hydrogen-bond acceptors (Lipinski definition) is 2. The Kier molecular flexibility index (Phi) is 4.34. The number of hydrogen-bond donors (Lipinski definition) is 2. The van der Waals surface area contributed by atoms with Gasteiger partial charge in [0.05, 0.1) is 25.3 Å². The quantitative estimate of drug-likeness (QED) is 0.764. The van der Waals surface area contributed by atoms with Gasteiger partial charge in [0, 0.05) is 12.0 Å². The first-order chi connectivity index (χ1) is 9.72. The van der Waals surface area contributed by atoms with Crippen molar-refractivity contribution in [2.75, 3.05) is 46.4 Å². The fraction of sp³-hybridized carbons (Fsp3) is 0.600. The molecule has 0 amide bonds. The largest absolute Gasteiger partial charge is 0.489 e. The van der Waals surface area contributed by atoms with Gasteiger partial charge in [-0.2, -0.15) is 0 Å². The zero-order chi connectivity index (χ0) is 13.9. The van der Waals surface area contributed by atoms with E-state index in [1.165, 1.54) is 31.7 Å². The van der Waals surface area contributed by atoms with E-state index in [2.05, 4.69) is 13.1 Å². The number of nitrogens with one attached hydrogen (secondary N) is 2. The van der Waals surface area contributed by atoms with Crippen LogP contribution in [0.2, 0.25) is 5.02 Å². The fourth-order valence-corrected chi connectivity index (χ4v) is 3.17. The molecule has 0 saturated carbocycles. The highest BCUT2D eigenvalue weighted by Crippen LogP contribution is 2.37. The lowest BCUT2D eigenvalue weighted by molar-refractivity contribution is -1.01. The average Bonchev–Trinajstić information content (AvgIpc) is 2.67. The van der Waals surface area contributed by atoms with Crippen LogP contribution in [0.1, 0.15) is 12.0 Å². The molecule has 2 heterocycles. The molecule has 0 unspecified atom stereocenters. The number of piperazine rings is 1. The topological polar surface area (TPSA) is 27.3 Å². The minimum Gasteiger partial charge on any atom is -0.489 e. The first-order valence-corrected chi connectivity index (χ1v) is 7.83. The van der Waals surface area contributed by atoms with Crippen molar-refractivity contribution in [1.29, 1.82) is 0 Å². The van der Waals surface area contributed by atoms with Crippen molar-refractivity contribution in [3.8, 4) is 11.5 Å². The van der Waals surface area contributed by atoms with Crippen molar-refractivity contribution < 1.29 is 19.3 Å². The molecule has 0 aromatic heterocycles. The van der Waals surface area contributed by atoms with Crippen molar-refractivity contribution in [2.45, 2.75) is 13.0 Å². The Morgan fingerprint density at radius 2 is 1.85 bits per heavy atom. The second-order valence-corrected chi connectivity index (χ2v) is 6.25. The lowest BCUT2D eigenvalue weighted by Gasteiger charge is -2.27. The van der Waals surface area contributed by atoms with Crippen LogP contribution in [0.3, 0.4) is 0 Å². The highest BCUT2D eigenvalue weighted by molar-refractivity contribution is 6.32. The number of fused-ring (bicyclic) bond motifs is 1. The summed E-state index contributed by atoms with van der Waals surface area (Å²) in [5.74, 6) is 1.52. The van der Waals surface area contributed by atoms with E-state index in [1.54, 1.807) is 9.80 Å². The Labute approximate surface area is 125 Å².